The number of amides is 2. The Balaban J connectivity index is 1.64. The molecule has 3 aromatic carbocycles. The van der Waals surface area contributed by atoms with Gasteiger partial charge in [0.2, 0.25) is 0 Å². The summed E-state index contributed by atoms with van der Waals surface area (Å²) in [7, 11) is 0. The third-order valence-electron chi connectivity index (χ3n) is 5.64. The van der Waals surface area contributed by atoms with Crippen LogP contribution in [0.5, 0.6) is 11.5 Å². The molecule has 1 fully saturated rings. The van der Waals surface area contributed by atoms with Crippen LogP contribution in [0.25, 0.3) is 6.08 Å². The highest BCUT2D eigenvalue weighted by atomic mass is 127. The van der Waals surface area contributed by atoms with Gasteiger partial charge in [-0.25, -0.2) is 0 Å². The molecule has 0 atom stereocenters. The van der Waals surface area contributed by atoms with Gasteiger partial charge in [-0.3, -0.25) is 19.8 Å². The molecular formula is C28H24BrIN2O4S. The van der Waals surface area contributed by atoms with Crippen LogP contribution in [0, 0.1) is 3.57 Å². The van der Waals surface area contributed by atoms with E-state index in [1.54, 1.807) is 12.1 Å². The van der Waals surface area contributed by atoms with E-state index >= 15 is 0 Å². The van der Waals surface area contributed by atoms with Crippen molar-refractivity contribution in [3.05, 3.63) is 91.0 Å². The molecule has 6 nitrogen and oxygen atoms in total. The molecule has 1 N–H and O–H groups in total. The summed E-state index contributed by atoms with van der Waals surface area (Å²) in [4.78, 5) is 27.5. The number of rotatable bonds is 8. The smallest absolute Gasteiger partial charge is 0.270 e. The standard InChI is InChI=1S/C28H24BrIN2O4S/c1-3-17-7-11-21(12-8-17)32-27(34)22(26(33)31-28(32)37)13-19-14-23(29)25(24(15-19)35-4-2)36-16-18-5-9-20(30)10-6-18/h5-15H,3-4,16H2,1-2H3,(H,31,33,37)/b22-13+. The van der Waals surface area contributed by atoms with Crippen LogP contribution in [0.15, 0.2) is 70.7 Å². The normalized spacial score (nSPS) is 14.6. The van der Waals surface area contributed by atoms with Gasteiger partial charge in [0, 0.05) is 3.57 Å². The van der Waals surface area contributed by atoms with Crippen LogP contribution in [0.2, 0.25) is 0 Å². The fraction of sp³-hybridized carbons (Fsp3) is 0.179. The van der Waals surface area contributed by atoms with Gasteiger partial charge in [0.25, 0.3) is 11.8 Å². The zero-order valence-electron chi connectivity index (χ0n) is 20.2. The Bertz CT molecular complexity index is 1370. The van der Waals surface area contributed by atoms with Gasteiger partial charge in [0.05, 0.1) is 16.8 Å². The number of thiocarbonyl (C=S) groups is 1. The van der Waals surface area contributed by atoms with Crippen LogP contribution in [-0.2, 0) is 22.6 Å². The molecule has 1 saturated heterocycles. The fourth-order valence-electron chi connectivity index (χ4n) is 3.75. The summed E-state index contributed by atoms with van der Waals surface area (Å²) in [6, 6.07) is 19.1. The molecule has 4 rings (SSSR count). The van der Waals surface area contributed by atoms with Gasteiger partial charge in [0.1, 0.15) is 12.2 Å². The van der Waals surface area contributed by atoms with E-state index in [4.69, 9.17) is 21.7 Å². The van der Waals surface area contributed by atoms with Crippen molar-refractivity contribution in [3.63, 3.8) is 0 Å². The van der Waals surface area contributed by atoms with Crippen molar-refractivity contribution in [2.45, 2.75) is 26.9 Å². The highest BCUT2D eigenvalue weighted by Gasteiger charge is 2.34. The summed E-state index contributed by atoms with van der Waals surface area (Å²) >= 11 is 11.1. The minimum absolute atomic E-state index is 0.0323. The molecule has 2 amide bonds. The van der Waals surface area contributed by atoms with Gasteiger partial charge in [-0.1, -0.05) is 31.2 Å². The number of nitrogens with one attached hydrogen (secondary N) is 1. The van der Waals surface area contributed by atoms with E-state index in [-0.39, 0.29) is 10.7 Å². The van der Waals surface area contributed by atoms with E-state index in [0.717, 1.165) is 21.1 Å². The van der Waals surface area contributed by atoms with Crippen molar-refractivity contribution in [2.24, 2.45) is 0 Å². The summed E-state index contributed by atoms with van der Waals surface area (Å²) in [6.45, 7) is 4.71. The lowest BCUT2D eigenvalue weighted by molar-refractivity contribution is -0.122. The number of nitrogens with zero attached hydrogens (tertiary/aromatic N) is 1. The molecule has 0 unspecified atom stereocenters. The van der Waals surface area contributed by atoms with Crippen LogP contribution in [-0.4, -0.2) is 23.5 Å². The van der Waals surface area contributed by atoms with E-state index in [1.807, 2.05) is 55.5 Å². The van der Waals surface area contributed by atoms with Crippen molar-refractivity contribution < 1.29 is 19.1 Å². The highest BCUT2D eigenvalue weighted by molar-refractivity contribution is 14.1. The van der Waals surface area contributed by atoms with Crippen molar-refractivity contribution >= 4 is 79.4 Å². The first-order valence-electron chi connectivity index (χ1n) is 11.6. The number of carbonyl (C=O) groups is 2. The number of halogens is 2. The second-order valence-electron chi connectivity index (χ2n) is 8.16. The van der Waals surface area contributed by atoms with Gasteiger partial charge in [0.15, 0.2) is 16.6 Å². The first kappa shape index (κ1) is 27.3. The minimum atomic E-state index is -0.551. The molecule has 0 bridgehead atoms. The Morgan fingerprint density at radius 2 is 1.68 bits per heavy atom. The number of hydrogen-bond acceptors (Lipinski definition) is 5. The Kier molecular flexibility index (Phi) is 8.99. The van der Waals surface area contributed by atoms with Gasteiger partial charge in [-0.2, -0.15) is 0 Å². The first-order chi connectivity index (χ1) is 17.8. The summed E-state index contributed by atoms with van der Waals surface area (Å²) in [5, 5.41) is 2.67. The molecule has 37 heavy (non-hydrogen) atoms. The predicted molar refractivity (Wildman–Crippen MR) is 161 cm³/mol. The maximum Gasteiger partial charge on any atom is 0.270 e. The Morgan fingerprint density at radius 3 is 2.32 bits per heavy atom. The summed E-state index contributed by atoms with van der Waals surface area (Å²) < 4.78 is 13.7. The van der Waals surface area contributed by atoms with Crippen molar-refractivity contribution in [3.8, 4) is 11.5 Å². The topological polar surface area (TPSA) is 67.9 Å². The van der Waals surface area contributed by atoms with Crippen LogP contribution in [0.3, 0.4) is 0 Å². The maximum absolute atomic E-state index is 13.4. The predicted octanol–water partition coefficient (Wildman–Crippen LogP) is 6.43. The van der Waals surface area contributed by atoms with Gasteiger partial charge in [-0.05, 0) is 123 Å². The second-order valence-corrected chi connectivity index (χ2v) is 10.6. The summed E-state index contributed by atoms with van der Waals surface area (Å²) in [5.41, 5.74) is 3.32. The number of ether oxygens (including phenoxy) is 2. The number of carbonyl (C=O) groups excluding carboxylic acids is 2. The third-order valence-corrected chi connectivity index (χ3v) is 7.24. The van der Waals surface area contributed by atoms with E-state index in [2.05, 4.69) is 50.8 Å². The van der Waals surface area contributed by atoms with Crippen molar-refractivity contribution in [1.29, 1.82) is 0 Å². The van der Waals surface area contributed by atoms with Crippen molar-refractivity contribution in [1.82, 2.24) is 5.32 Å². The third kappa shape index (κ3) is 6.39. The quantitative estimate of drug-likeness (QED) is 0.128. The molecule has 0 saturated carbocycles. The average Bonchev–Trinajstić information content (AvgIpc) is 2.87. The Labute approximate surface area is 243 Å². The Hall–Kier alpha value is -2.76. The van der Waals surface area contributed by atoms with E-state index < -0.39 is 11.8 Å². The second kappa shape index (κ2) is 12.2. The van der Waals surface area contributed by atoms with E-state index in [0.29, 0.717) is 40.4 Å². The molecule has 0 aliphatic carbocycles. The molecule has 1 aliphatic rings. The molecular weight excluding hydrogens is 667 g/mol. The monoisotopic (exact) mass is 690 g/mol. The molecule has 0 aromatic heterocycles. The molecule has 1 aliphatic heterocycles. The zero-order chi connectivity index (χ0) is 26.5. The zero-order valence-corrected chi connectivity index (χ0v) is 24.8. The van der Waals surface area contributed by atoms with E-state index in [9.17, 15) is 9.59 Å². The number of anilines is 1. The lowest BCUT2D eigenvalue weighted by Gasteiger charge is -2.29. The van der Waals surface area contributed by atoms with E-state index in [1.165, 1.54) is 11.0 Å². The highest BCUT2D eigenvalue weighted by Crippen LogP contribution is 2.38. The molecule has 3 aromatic rings. The number of benzene rings is 3. The summed E-state index contributed by atoms with van der Waals surface area (Å²) in [5.74, 6) is -0.00288. The minimum Gasteiger partial charge on any atom is -0.490 e. The maximum atomic E-state index is 13.4. The lowest BCUT2D eigenvalue weighted by atomic mass is 10.1. The number of hydrogen-bond donors (Lipinski definition) is 1. The lowest BCUT2D eigenvalue weighted by Crippen LogP contribution is -2.54. The largest absolute Gasteiger partial charge is 0.490 e. The summed E-state index contributed by atoms with van der Waals surface area (Å²) in [6.07, 6.45) is 2.41. The first-order valence-corrected chi connectivity index (χ1v) is 13.9. The fourth-order valence-corrected chi connectivity index (χ4v) is 4.96. The molecule has 1 heterocycles. The van der Waals surface area contributed by atoms with Crippen LogP contribution < -0.4 is 19.7 Å². The van der Waals surface area contributed by atoms with Crippen LogP contribution >= 0.6 is 50.7 Å². The van der Waals surface area contributed by atoms with Crippen LogP contribution in [0.4, 0.5) is 5.69 Å². The molecule has 9 heteroatoms. The average molecular weight is 691 g/mol. The Morgan fingerprint density at radius 1 is 1.00 bits per heavy atom. The SMILES string of the molecule is CCOc1cc(/C=C2\C(=O)NC(=S)N(c3ccc(CC)cc3)C2=O)cc(Br)c1OCc1ccc(I)cc1. The van der Waals surface area contributed by atoms with Gasteiger partial charge in [-0.15, -0.1) is 0 Å². The van der Waals surface area contributed by atoms with Crippen LogP contribution in [0.1, 0.15) is 30.5 Å². The van der Waals surface area contributed by atoms with Crippen molar-refractivity contribution in [2.75, 3.05) is 11.5 Å². The van der Waals surface area contributed by atoms with Gasteiger partial charge >= 0.3 is 0 Å². The molecule has 0 radical (unpaired) electrons. The molecule has 190 valence electrons. The number of aryl methyl sites for hydroxylation is 1. The molecule has 0 spiro atoms. The van der Waals surface area contributed by atoms with Gasteiger partial charge < -0.3 is 9.47 Å².